The van der Waals surface area contributed by atoms with E-state index < -0.39 is 0 Å². The van der Waals surface area contributed by atoms with E-state index in [1.54, 1.807) is 18.4 Å². The van der Waals surface area contributed by atoms with Crippen molar-refractivity contribution in [3.63, 3.8) is 0 Å². The number of aryl methyl sites for hydroxylation is 1. The molecule has 0 saturated heterocycles. The summed E-state index contributed by atoms with van der Waals surface area (Å²) < 4.78 is 5.59. The lowest BCUT2D eigenvalue weighted by Crippen LogP contribution is -2.45. The molecular formula is C12H20N2OS. The Balaban J connectivity index is 1.86. The number of thiazole rings is 1. The van der Waals surface area contributed by atoms with Gasteiger partial charge in [0, 0.05) is 25.0 Å². The predicted octanol–water partition coefficient (Wildman–Crippen LogP) is 2.28. The van der Waals surface area contributed by atoms with Gasteiger partial charge in [0.2, 0.25) is 0 Å². The number of hydrogen-bond donors (Lipinski definition) is 1. The quantitative estimate of drug-likeness (QED) is 0.859. The Hall–Kier alpha value is -0.450. The van der Waals surface area contributed by atoms with Gasteiger partial charge in [-0.25, -0.2) is 4.98 Å². The highest BCUT2D eigenvalue weighted by Crippen LogP contribution is 2.38. The molecule has 90 valence electrons. The molecule has 1 unspecified atom stereocenters. The normalized spacial score (nSPS) is 20.4. The molecule has 0 aromatic carbocycles. The summed E-state index contributed by atoms with van der Waals surface area (Å²) in [6, 6.07) is 0.168. The van der Waals surface area contributed by atoms with Crippen LogP contribution >= 0.6 is 11.3 Å². The molecule has 2 rings (SSSR count). The van der Waals surface area contributed by atoms with E-state index in [9.17, 15) is 0 Å². The number of nitrogens with two attached hydrogens (primary N) is 1. The van der Waals surface area contributed by atoms with Gasteiger partial charge in [0.25, 0.3) is 0 Å². The van der Waals surface area contributed by atoms with Gasteiger partial charge in [-0.3, -0.25) is 0 Å². The minimum Gasteiger partial charge on any atom is -0.378 e. The van der Waals surface area contributed by atoms with Crippen LogP contribution in [0, 0.1) is 6.92 Å². The average molecular weight is 240 g/mol. The zero-order chi connectivity index (χ0) is 11.6. The first-order chi connectivity index (χ1) is 7.63. The summed E-state index contributed by atoms with van der Waals surface area (Å²) in [6.45, 7) is 2.03. The highest BCUT2D eigenvalue weighted by molar-refractivity contribution is 7.09. The zero-order valence-electron chi connectivity index (χ0n) is 10.0. The van der Waals surface area contributed by atoms with Crippen LogP contribution in [0.1, 0.15) is 36.4 Å². The van der Waals surface area contributed by atoms with E-state index in [0.717, 1.165) is 36.4 Å². The number of methoxy groups -OCH3 is 1. The molecule has 0 radical (unpaired) electrons. The number of hydrogen-bond acceptors (Lipinski definition) is 4. The van der Waals surface area contributed by atoms with Crippen LogP contribution in [0.5, 0.6) is 0 Å². The molecule has 1 heterocycles. The van der Waals surface area contributed by atoms with Crippen molar-refractivity contribution in [2.45, 2.75) is 50.7 Å². The molecule has 0 spiro atoms. The molecule has 3 nitrogen and oxygen atoms in total. The molecule has 2 N–H and O–H groups in total. The molecule has 1 saturated carbocycles. The minimum absolute atomic E-state index is 0.0739. The van der Waals surface area contributed by atoms with Crippen molar-refractivity contribution < 1.29 is 4.74 Å². The maximum absolute atomic E-state index is 6.17. The van der Waals surface area contributed by atoms with E-state index >= 15 is 0 Å². The first kappa shape index (κ1) is 12.0. The highest BCUT2D eigenvalue weighted by atomic mass is 32.1. The Morgan fingerprint density at radius 1 is 1.62 bits per heavy atom. The summed E-state index contributed by atoms with van der Waals surface area (Å²) in [6.07, 6.45) is 5.42. The van der Waals surface area contributed by atoms with Crippen LogP contribution in [0.3, 0.4) is 0 Å². The van der Waals surface area contributed by atoms with E-state index in [1.807, 2.05) is 6.92 Å². The number of ether oxygens (including phenoxy) is 1. The van der Waals surface area contributed by atoms with Gasteiger partial charge in [-0.05, 0) is 32.6 Å². The fraction of sp³-hybridized carbons (Fsp3) is 0.750. The maximum atomic E-state index is 6.17. The highest BCUT2D eigenvalue weighted by Gasteiger charge is 2.38. The largest absolute Gasteiger partial charge is 0.378 e. The molecule has 1 aromatic rings. The van der Waals surface area contributed by atoms with Crippen LogP contribution in [0.2, 0.25) is 0 Å². The molecule has 16 heavy (non-hydrogen) atoms. The molecule has 0 amide bonds. The first-order valence-electron chi connectivity index (χ1n) is 5.85. The molecule has 1 aliphatic rings. The van der Waals surface area contributed by atoms with Crippen molar-refractivity contribution in [2.75, 3.05) is 7.11 Å². The molecule has 0 aliphatic heterocycles. The smallest absolute Gasteiger partial charge is 0.0897 e. The Morgan fingerprint density at radius 2 is 2.38 bits per heavy atom. The Morgan fingerprint density at radius 3 is 2.81 bits per heavy atom. The van der Waals surface area contributed by atoms with Crippen molar-refractivity contribution in [1.29, 1.82) is 0 Å². The predicted molar refractivity (Wildman–Crippen MR) is 66.7 cm³/mol. The third kappa shape index (κ3) is 2.62. The van der Waals surface area contributed by atoms with Crippen molar-refractivity contribution in [1.82, 2.24) is 4.98 Å². The summed E-state index contributed by atoms with van der Waals surface area (Å²) in [4.78, 5) is 4.45. The molecule has 0 bridgehead atoms. The molecule has 1 atom stereocenters. The van der Waals surface area contributed by atoms with Crippen LogP contribution < -0.4 is 5.73 Å². The van der Waals surface area contributed by atoms with Crippen molar-refractivity contribution in [3.05, 3.63) is 16.1 Å². The second kappa shape index (κ2) is 4.82. The molecule has 1 fully saturated rings. The lowest BCUT2D eigenvalue weighted by Gasteiger charge is -2.42. The number of rotatable bonds is 5. The van der Waals surface area contributed by atoms with Gasteiger partial charge >= 0.3 is 0 Å². The van der Waals surface area contributed by atoms with Crippen molar-refractivity contribution in [2.24, 2.45) is 5.73 Å². The van der Waals surface area contributed by atoms with Gasteiger partial charge in [-0.1, -0.05) is 0 Å². The van der Waals surface area contributed by atoms with E-state index in [2.05, 4.69) is 10.4 Å². The van der Waals surface area contributed by atoms with Gasteiger partial charge in [-0.2, -0.15) is 0 Å². The number of aromatic nitrogens is 1. The van der Waals surface area contributed by atoms with Crippen LogP contribution in [0.25, 0.3) is 0 Å². The first-order valence-corrected chi connectivity index (χ1v) is 6.73. The molecule has 4 heteroatoms. The van der Waals surface area contributed by atoms with Gasteiger partial charge < -0.3 is 10.5 Å². The van der Waals surface area contributed by atoms with Crippen LogP contribution in [0.4, 0.5) is 0 Å². The fourth-order valence-electron chi connectivity index (χ4n) is 2.38. The monoisotopic (exact) mass is 240 g/mol. The Bertz CT molecular complexity index is 341. The molecule has 1 aliphatic carbocycles. The Labute approximate surface area is 101 Å². The van der Waals surface area contributed by atoms with E-state index in [-0.39, 0.29) is 11.6 Å². The van der Waals surface area contributed by atoms with Crippen LogP contribution in [-0.2, 0) is 11.2 Å². The minimum atomic E-state index is 0.0739. The standard InChI is InChI=1S/C12H20N2OS/c1-9-14-11(8-16-9)6-10(13)7-12(15-2)4-3-5-12/h8,10H,3-7,13H2,1-2H3. The summed E-state index contributed by atoms with van der Waals surface area (Å²) in [7, 11) is 1.80. The van der Waals surface area contributed by atoms with Crippen molar-refractivity contribution in [3.8, 4) is 0 Å². The number of nitrogens with zero attached hydrogens (tertiary/aromatic N) is 1. The third-order valence-corrected chi connectivity index (χ3v) is 4.29. The fourth-order valence-corrected chi connectivity index (χ4v) is 3.01. The maximum Gasteiger partial charge on any atom is 0.0897 e. The van der Waals surface area contributed by atoms with Gasteiger partial charge in [-0.15, -0.1) is 11.3 Å². The van der Waals surface area contributed by atoms with Gasteiger partial charge in [0.05, 0.1) is 16.3 Å². The summed E-state index contributed by atoms with van der Waals surface area (Å²) in [5, 5.41) is 3.22. The lowest BCUT2D eigenvalue weighted by atomic mass is 9.75. The average Bonchev–Trinajstić information content (AvgIpc) is 2.57. The zero-order valence-corrected chi connectivity index (χ0v) is 10.8. The summed E-state index contributed by atoms with van der Waals surface area (Å²) in [5.41, 5.74) is 7.37. The lowest BCUT2D eigenvalue weighted by molar-refractivity contribution is -0.0813. The summed E-state index contributed by atoms with van der Waals surface area (Å²) in [5.74, 6) is 0. The SMILES string of the molecule is COC1(CC(N)Cc2csc(C)n2)CCC1. The second-order valence-electron chi connectivity index (χ2n) is 4.77. The van der Waals surface area contributed by atoms with E-state index in [4.69, 9.17) is 10.5 Å². The van der Waals surface area contributed by atoms with Gasteiger partial charge in [0.15, 0.2) is 0 Å². The second-order valence-corrected chi connectivity index (χ2v) is 5.83. The third-order valence-electron chi connectivity index (χ3n) is 3.47. The van der Waals surface area contributed by atoms with Crippen LogP contribution in [0.15, 0.2) is 5.38 Å². The van der Waals surface area contributed by atoms with Gasteiger partial charge in [0.1, 0.15) is 0 Å². The molecular weight excluding hydrogens is 220 g/mol. The molecule has 1 aromatic heterocycles. The van der Waals surface area contributed by atoms with E-state index in [0.29, 0.717) is 0 Å². The van der Waals surface area contributed by atoms with Crippen LogP contribution in [-0.4, -0.2) is 23.7 Å². The topological polar surface area (TPSA) is 48.1 Å². The summed E-state index contributed by atoms with van der Waals surface area (Å²) >= 11 is 1.69. The van der Waals surface area contributed by atoms with E-state index in [1.165, 1.54) is 6.42 Å². The Kier molecular flexibility index (Phi) is 3.62. The van der Waals surface area contributed by atoms with Crippen molar-refractivity contribution >= 4 is 11.3 Å².